The highest BCUT2D eigenvalue weighted by atomic mass is 79.9. The molecule has 0 spiro atoms. The molecule has 4 rings (SSSR count). The fourth-order valence-corrected chi connectivity index (χ4v) is 5.53. The normalized spacial score (nSPS) is 14.1. The summed E-state index contributed by atoms with van der Waals surface area (Å²) in [5.74, 6) is 0.972. The zero-order valence-corrected chi connectivity index (χ0v) is 26.1. The maximum absolute atomic E-state index is 13.1. The molecule has 1 amide bonds. The predicted molar refractivity (Wildman–Crippen MR) is 159 cm³/mol. The van der Waals surface area contributed by atoms with E-state index >= 15 is 0 Å². The van der Waals surface area contributed by atoms with Gasteiger partial charge in [-0.3, -0.25) is 9.69 Å². The minimum absolute atomic E-state index is 0.0434. The van der Waals surface area contributed by atoms with E-state index in [0.29, 0.717) is 18.2 Å². The Bertz CT molecular complexity index is 1280. The summed E-state index contributed by atoms with van der Waals surface area (Å²) in [6.07, 6.45) is 0.911. The number of furan rings is 1. The number of morpholine rings is 1. The first kappa shape index (κ1) is 29.8. The van der Waals surface area contributed by atoms with E-state index in [4.69, 9.17) is 23.4 Å². The molecule has 1 fully saturated rings. The van der Waals surface area contributed by atoms with Gasteiger partial charge in [0.05, 0.1) is 40.0 Å². The van der Waals surface area contributed by atoms with E-state index in [1.807, 2.05) is 12.1 Å². The van der Waals surface area contributed by atoms with Crippen LogP contribution in [0, 0.1) is 0 Å². The molecular formula is C27H36BrN5O6Si. The van der Waals surface area contributed by atoms with Gasteiger partial charge in [-0.1, -0.05) is 30.9 Å². The van der Waals surface area contributed by atoms with Crippen LogP contribution in [0.5, 0.6) is 23.5 Å². The first-order chi connectivity index (χ1) is 19.2. The third-order valence-electron chi connectivity index (χ3n) is 6.32. The summed E-state index contributed by atoms with van der Waals surface area (Å²) >= 11 is 3.53. The maximum atomic E-state index is 13.1. The predicted octanol–water partition coefficient (Wildman–Crippen LogP) is 4.57. The zero-order valence-electron chi connectivity index (χ0n) is 23.5. The van der Waals surface area contributed by atoms with Crippen molar-refractivity contribution < 1.29 is 28.2 Å². The van der Waals surface area contributed by atoms with E-state index in [0.717, 1.165) is 43.7 Å². The molecule has 0 bridgehead atoms. The number of rotatable bonds is 12. The molecule has 0 radical (unpaired) electrons. The van der Waals surface area contributed by atoms with Crippen LogP contribution in [-0.4, -0.2) is 82.5 Å². The zero-order chi connectivity index (χ0) is 28.7. The maximum Gasteiger partial charge on any atom is 0.291 e. The molecule has 2 aromatic heterocycles. The number of hydrogen-bond acceptors (Lipinski definition) is 10. The van der Waals surface area contributed by atoms with E-state index in [1.54, 1.807) is 6.07 Å². The summed E-state index contributed by atoms with van der Waals surface area (Å²) in [7, 11) is 1.38. The summed E-state index contributed by atoms with van der Waals surface area (Å²) in [6.45, 7) is 11.8. The van der Waals surface area contributed by atoms with Crippen molar-refractivity contribution in [1.82, 2.24) is 14.9 Å². The van der Waals surface area contributed by atoms with E-state index in [1.165, 1.54) is 25.5 Å². The Hall–Kier alpha value is -3.13. The number of hydrogen-bond donors (Lipinski definition) is 2. The molecule has 0 atom stereocenters. The van der Waals surface area contributed by atoms with Crippen LogP contribution >= 0.6 is 15.9 Å². The lowest BCUT2D eigenvalue weighted by molar-refractivity contribution is 0.0378. The van der Waals surface area contributed by atoms with Crippen LogP contribution in [0.25, 0.3) is 0 Å². The highest BCUT2D eigenvalue weighted by Gasteiger charge is 2.23. The Morgan fingerprint density at radius 1 is 1.07 bits per heavy atom. The molecule has 1 aliphatic rings. The number of methoxy groups -OCH3 is 2. The topological polar surface area (TPSA) is 120 Å². The van der Waals surface area contributed by atoms with Gasteiger partial charge in [0.1, 0.15) is 5.75 Å². The van der Waals surface area contributed by atoms with Crippen LogP contribution in [-0.2, 0) is 4.74 Å². The van der Waals surface area contributed by atoms with Crippen LogP contribution < -0.4 is 30.0 Å². The average Bonchev–Trinajstić information content (AvgIpc) is 3.41. The third kappa shape index (κ3) is 7.74. The Balaban J connectivity index is 1.41. The number of nitrogens with one attached hydrogen (secondary N) is 2. The van der Waals surface area contributed by atoms with Gasteiger partial charge in [0.2, 0.25) is 17.7 Å². The summed E-state index contributed by atoms with van der Waals surface area (Å²) in [4.78, 5) is 24.2. The number of amides is 1. The number of anilines is 2. The molecule has 0 saturated carbocycles. The van der Waals surface area contributed by atoms with Gasteiger partial charge in [0.25, 0.3) is 11.9 Å². The number of nitrogens with zero attached hydrogens (tertiary/aromatic N) is 3. The van der Waals surface area contributed by atoms with Crippen LogP contribution in [0.2, 0.25) is 19.6 Å². The Labute approximate surface area is 243 Å². The Kier molecular flexibility index (Phi) is 10.1. The van der Waals surface area contributed by atoms with Gasteiger partial charge >= 0.3 is 0 Å². The standard InChI is InChI=1S/C27H36BrN5O6Si/c1-35-25-23(26(36-2)32-27(31-25)29-11-6-12-33-13-15-37-16-14-33)30-24(34)20-9-10-22(38-20)39-21-17-18(40(3,4)5)7-8-19(21)28/h7-10,17H,6,11-16H2,1-5H3,(H,30,34)(H,29,31,32). The first-order valence-electron chi connectivity index (χ1n) is 13.1. The largest absolute Gasteiger partial charge is 0.479 e. The quantitative estimate of drug-likeness (QED) is 0.217. The third-order valence-corrected chi connectivity index (χ3v) is 9.02. The first-order valence-corrected chi connectivity index (χ1v) is 17.4. The molecule has 1 aliphatic heterocycles. The number of halogens is 1. The summed E-state index contributed by atoms with van der Waals surface area (Å²) in [5, 5.41) is 7.18. The molecule has 1 aromatic carbocycles. The molecule has 13 heteroatoms. The molecule has 11 nitrogen and oxygen atoms in total. The van der Waals surface area contributed by atoms with Crippen molar-refractivity contribution in [3.8, 4) is 23.5 Å². The molecule has 3 aromatic rings. The lowest BCUT2D eigenvalue weighted by Crippen LogP contribution is -2.37. The van der Waals surface area contributed by atoms with Crippen molar-refractivity contribution in [3.63, 3.8) is 0 Å². The number of carbonyl (C=O) groups is 1. The molecule has 216 valence electrons. The number of ether oxygens (including phenoxy) is 4. The van der Waals surface area contributed by atoms with Crippen LogP contribution in [0.1, 0.15) is 17.0 Å². The number of benzene rings is 1. The van der Waals surface area contributed by atoms with Crippen molar-refractivity contribution >= 4 is 46.7 Å². The lowest BCUT2D eigenvalue weighted by Gasteiger charge is -2.26. The summed E-state index contributed by atoms with van der Waals surface area (Å²) in [6, 6.07) is 9.19. The average molecular weight is 635 g/mol. The van der Waals surface area contributed by atoms with E-state index in [2.05, 4.69) is 67.1 Å². The number of carbonyl (C=O) groups excluding carboxylic acids is 1. The molecule has 0 unspecified atom stereocenters. The van der Waals surface area contributed by atoms with Crippen molar-refractivity contribution in [2.24, 2.45) is 0 Å². The Morgan fingerprint density at radius 3 is 2.42 bits per heavy atom. The van der Waals surface area contributed by atoms with Crippen molar-refractivity contribution in [3.05, 3.63) is 40.6 Å². The SMILES string of the molecule is COc1nc(NCCCN2CCOCC2)nc(OC)c1NC(=O)c1ccc(Oc2cc([Si](C)(C)C)ccc2Br)o1. The van der Waals surface area contributed by atoms with Crippen molar-refractivity contribution in [2.75, 3.05) is 64.2 Å². The fourth-order valence-electron chi connectivity index (χ4n) is 4.06. The minimum Gasteiger partial charge on any atom is -0.479 e. The molecule has 1 saturated heterocycles. The molecule has 40 heavy (non-hydrogen) atoms. The highest BCUT2D eigenvalue weighted by molar-refractivity contribution is 9.10. The molecule has 0 aliphatic carbocycles. The Morgan fingerprint density at radius 2 is 1.77 bits per heavy atom. The van der Waals surface area contributed by atoms with Crippen molar-refractivity contribution in [1.29, 1.82) is 0 Å². The van der Waals surface area contributed by atoms with E-state index in [-0.39, 0.29) is 29.2 Å². The highest BCUT2D eigenvalue weighted by Crippen LogP contribution is 2.34. The van der Waals surface area contributed by atoms with Gasteiger partial charge in [-0.2, -0.15) is 9.97 Å². The molecule has 3 heterocycles. The monoisotopic (exact) mass is 633 g/mol. The second-order valence-electron chi connectivity index (χ2n) is 10.2. The molecular weight excluding hydrogens is 598 g/mol. The van der Waals surface area contributed by atoms with Crippen molar-refractivity contribution in [2.45, 2.75) is 26.1 Å². The fraction of sp³-hybridized carbons (Fsp3) is 0.444. The van der Waals surface area contributed by atoms with Gasteiger partial charge in [-0.15, -0.1) is 0 Å². The minimum atomic E-state index is -1.54. The van der Waals surface area contributed by atoms with Gasteiger partial charge in [-0.05, 0) is 47.1 Å². The van der Waals surface area contributed by atoms with Gasteiger partial charge in [0, 0.05) is 25.7 Å². The van der Waals surface area contributed by atoms with Crippen LogP contribution in [0.15, 0.2) is 39.2 Å². The molecule has 2 N–H and O–H groups in total. The summed E-state index contributed by atoms with van der Waals surface area (Å²) in [5.41, 5.74) is 0.193. The number of aromatic nitrogens is 2. The van der Waals surface area contributed by atoms with Gasteiger partial charge in [-0.25, -0.2) is 0 Å². The second-order valence-corrected chi connectivity index (χ2v) is 16.2. The lowest BCUT2D eigenvalue weighted by atomic mass is 10.3. The van der Waals surface area contributed by atoms with Gasteiger partial charge in [0.15, 0.2) is 11.4 Å². The second kappa shape index (κ2) is 13.5. The smallest absolute Gasteiger partial charge is 0.291 e. The van der Waals surface area contributed by atoms with E-state index < -0.39 is 14.0 Å². The van der Waals surface area contributed by atoms with E-state index in [9.17, 15) is 4.79 Å². The van der Waals surface area contributed by atoms with Gasteiger partial charge < -0.3 is 34.0 Å². The van der Waals surface area contributed by atoms with Crippen LogP contribution in [0.4, 0.5) is 11.6 Å². The summed E-state index contributed by atoms with van der Waals surface area (Å²) < 4.78 is 28.7. The van der Waals surface area contributed by atoms with Crippen LogP contribution in [0.3, 0.4) is 0 Å².